The maximum atomic E-state index is 13.3. The molecule has 1 atom stereocenters. The molecule has 2 rings (SSSR count). The van der Waals surface area contributed by atoms with E-state index in [1.165, 1.54) is 0 Å². The Balaban J connectivity index is 2.50. The Kier molecular flexibility index (Phi) is 6.89. The average molecular weight is 409 g/mol. The number of amides is 1. The summed E-state index contributed by atoms with van der Waals surface area (Å²) in [7, 11) is -3.93. The first-order valence-corrected chi connectivity index (χ1v) is 10.6. The van der Waals surface area contributed by atoms with Gasteiger partial charge in [-0.25, -0.2) is 8.42 Å². The first-order chi connectivity index (χ1) is 12.7. The largest absolute Gasteiger partial charge is 0.352 e. The molecule has 2 aromatic carbocycles. The summed E-state index contributed by atoms with van der Waals surface area (Å²) in [6.07, 6.45) is 0.757. The van der Waals surface area contributed by atoms with E-state index in [-0.39, 0.29) is 23.4 Å². The van der Waals surface area contributed by atoms with Crippen LogP contribution in [0.25, 0.3) is 0 Å². The molecule has 5 nitrogen and oxygen atoms in total. The lowest BCUT2D eigenvalue weighted by Crippen LogP contribution is -2.43. The summed E-state index contributed by atoms with van der Waals surface area (Å²) in [6.45, 7) is 7.13. The lowest BCUT2D eigenvalue weighted by Gasteiger charge is -2.26. The minimum atomic E-state index is -3.93. The van der Waals surface area contributed by atoms with E-state index in [9.17, 15) is 13.2 Å². The summed E-state index contributed by atoms with van der Waals surface area (Å²) in [4.78, 5) is 12.6. The number of carbonyl (C=O) groups excluding carboxylic acids is 1. The molecule has 7 heteroatoms. The summed E-state index contributed by atoms with van der Waals surface area (Å²) < 4.78 is 27.7. The molecule has 1 unspecified atom stereocenters. The molecule has 0 aliphatic heterocycles. The second-order valence-corrected chi connectivity index (χ2v) is 8.86. The van der Waals surface area contributed by atoms with E-state index in [0.29, 0.717) is 16.3 Å². The Morgan fingerprint density at radius 3 is 2.37 bits per heavy atom. The molecular formula is C20H25ClN2O3S. The van der Waals surface area contributed by atoms with E-state index >= 15 is 0 Å². The molecule has 0 saturated heterocycles. The van der Waals surface area contributed by atoms with Crippen molar-refractivity contribution in [2.24, 2.45) is 0 Å². The van der Waals surface area contributed by atoms with Gasteiger partial charge in [0, 0.05) is 11.1 Å². The van der Waals surface area contributed by atoms with E-state index in [0.717, 1.165) is 16.3 Å². The topological polar surface area (TPSA) is 66.5 Å². The number of aryl methyl sites for hydroxylation is 1. The van der Waals surface area contributed by atoms with E-state index in [2.05, 4.69) is 5.32 Å². The van der Waals surface area contributed by atoms with Gasteiger partial charge in [0.25, 0.3) is 10.0 Å². The van der Waals surface area contributed by atoms with Gasteiger partial charge >= 0.3 is 0 Å². The summed E-state index contributed by atoms with van der Waals surface area (Å²) in [6, 6.07) is 11.5. The van der Waals surface area contributed by atoms with Crippen molar-refractivity contribution in [2.75, 3.05) is 10.8 Å². The Bertz CT molecular complexity index is 911. The molecule has 0 heterocycles. The third-order valence-electron chi connectivity index (χ3n) is 4.42. The number of anilines is 1. The minimum absolute atomic E-state index is 0.0399. The van der Waals surface area contributed by atoms with Gasteiger partial charge in [-0.1, -0.05) is 42.3 Å². The van der Waals surface area contributed by atoms with Crippen molar-refractivity contribution >= 4 is 33.2 Å². The molecule has 0 spiro atoms. The molecule has 0 fully saturated rings. The van der Waals surface area contributed by atoms with Crippen LogP contribution < -0.4 is 9.62 Å². The highest BCUT2D eigenvalue weighted by Gasteiger charge is 2.29. The van der Waals surface area contributed by atoms with E-state index < -0.39 is 10.0 Å². The van der Waals surface area contributed by atoms with Crippen molar-refractivity contribution in [3.05, 3.63) is 58.6 Å². The minimum Gasteiger partial charge on any atom is -0.352 e. The van der Waals surface area contributed by atoms with Gasteiger partial charge in [0.2, 0.25) is 5.91 Å². The van der Waals surface area contributed by atoms with Crippen LogP contribution in [-0.2, 0) is 14.8 Å². The lowest BCUT2D eigenvalue weighted by atomic mass is 10.2. The highest BCUT2D eigenvalue weighted by Crippen LogP contribution is 2.30. The highest BCUT2D eigenvalue weighted by atomic mass is 35.5. The van der Waals surface area contributed by atoms with Gasteiger partial charge in [-0.05, 0) is 57.0 Å². The van der Waals surface area contributed by atoms with Gasteiger partial charge in [0.1, 0.15) is 6.54 Å². The fourth-order valence-corrected chi connectivity index (χ4v) is 4.20. The molecule has 146 valence electrons. The SMILES string of the molecule is CCC(C)NC(=O)CN(c1cccc(Cl)c1C)S(=O)(=O)c1ccc(C)cc1. The fourth-order valence-electron chi connectivity index (χ4n) is 2.56. The van der Waals surface area contributed by atoms with Crippen LogP contribution in [0.2, 0.25) is 5.02 Å². The van der Waals surface area contributed by atoms with Gasteiger partial charge in [-0.15, -0.1) is 0 Å². The van der Waals surface area contributed by atoms with Crippen molar-refractivity contribution in [1.82, 2.24) is 5.32 Å². The first-order valence-electron chi connectivity index (χ1n) is 8.80. The zero-order chi connectivity index (χ0) is 20.2. The first kappa shape index (κ1) is 21.3. The molecule has 0 aliphatic carbocycles. The average Bonchev–Trinajstić information content (AvgIpc) is 2.62. The quantitative estimate of drug-likeness (QED) is 0.751. The monoisotopic (exact) mass is 408 g/mol. The molecule has 1 amide bonds. The number of halogens is 1. The molecule has 1 N–H and O–H groups in total. The predicted molar refractivity (Wildman–Crippen MR) is 110 cm³/mol. The van der Waals surface area contributed by atoms with Crippen molar-refractivity contribution in [1.29, 1.82) is 0 Å². The van der Waals surface area contributed by atoms with Crippen LogP contribution in [0, 0.1) is 13.8 Å². The van der Waals surface area contributed by atoms with Gasteiger partial charge in [-0.2, -0.15) is 0 Å². The van der Waals surface area contributed by atoms with Crippen molar-refractivity contribution in [3.63, 3.8) is 0 Å². The van der Waals surface area contributed by atoms with Gasteiger partial charge < -0.3 is 5.32 Å². The Morgan fingerprint density at radius 1 is 1.15 bits per heavy atom. The Hall–Kier alpha value is -2.05. The summed E-state index contributed by atoms with van der Waals surface area (Å²) in [5.74, 6) is -0.362. The highest BCUT2D eigenvalue weighted by molar-refractivity contribution is 7.92. The van der Waals surface area contributed by atoms with Crippen LogP contribution in [0.3, 0.4) is 0 Å². The number of sulfonamides is 1. The van der Waals surface area contributed by atoms with E-state index in [1.54, 1.807) is 49.4 Å². The maximum absolute atomic E-state index is 13.3. The number of rotatable bonds is 7. The van der Waals surface area contributed by atoms with E-state index in [4.69, 9.17) is 11.6 Å². The second kappa shape index (κ2) is 8.76. The van der Waals surface area contributed by atoms with Crippen LogP contribution >= 0.6 is 11.6 Å². The van der Waals surface area contributed by atoms with Gasteiger partial charge in [0.15, 0.2) is 0 Å². The lowest BCUT2D eigenvalue weighted by molar-refractivity contribution is -0.120. The van der Waals surface area contributed by atoms with Crippen LogP contribution in [-0.4, -0.2) is 26.9 Å². The molecular weight excluding hydrogens is 384 g/mol. The predicted octanol–water partition coefficient (Wildman–Crippen LogP) is 4.07. The van der Waals surface area contributed by atoms with Crippen LogP contribution in [0.4, 0.5) is 5.69 Å². The molecule has 0 saturated carbocycles. The molecule has 0 bridgehead atoms. The number of carbonyl (C=O) groups is 1. The number of nitrogens with one attached hydrogen (secondary N) is 1. The number of hydrogen-bond acceptors (Lipinski definition) is 3. The van der Waals surface area contributed by atoms with Crippen molar-refractivity contribution < 1.29 is 13.2 Å². The number of benzene rings is 2. The van der Waals surface area contributed by atoms with Crippen molar-refractivity contribution in [2.45, 2.75) is 45.1 Å². The molecule has 0 aromatic heterocycles. The Morgan fingerprint density at radius 2 is 1.78 bits per heavy atom. The summed E-state index contributed by atoms with van der Waals surface area (Å²) >= 11 is 6.20. The molecule has 0 aliphatic rings. The third-order valence-corrected chi connectivity index (χ3v) is 6.61. The third kappa shape index (κ3) is 5.02. The number of hydrogen-bond donors (Lipinski definition) is 1. The van der Waals surface area contributed by atoms with Crippen molar-refractivity contribution in [3.8, 4) is 0 Å². The van der Waals surface area contributed by atoms with Crippen LogP contribution in [0.15, 0.2) is 47.4 Å². The second-order valence-electron chi connectivity index (χ2n) is 6.59. The standard InChI is InChI=1S/C20H25ClN2O3S/c1-5-15(3)22-20(24)13-23(19-8-6-7-18(21)16(19)4)27(25,26)17-11-9-14(2)10-12-17/h6-12,15H,5,13H2,1-4H3,(H,22,24). The molecule has 2 aromatic rings. The zero-order valence-corrected chi connectivity index (χ0v) is 17.6. The van der Waals surface area contributed by atoms with E-state index in [1.807, 2.05) is 20.8 Å². The summed E-state index contributed by atoms with van der Waals surface area (Å²) in [5.41, 5.74) is 1.95. The van der Waals surface area contributed by atoms with Gasteiger partial charge in [-0.3, -0.25) is 9.10 Å². The maximum Gasteiger partial charge on any atom is 0.264 e. The number of nitrogens with zero attached hydrogens (tertiary/aromatic N) is 1. The normalized spacial score (nSPS) is 12.5. The summed E-state index contributed by atoms with van der Waals surface area (Å²) in [5, 5.41) is 3.26. The van der Waals surface area contributed by atoms with Crippen LogP contribution in [0.1, 0.15) is 31.4 Å². The van der Waals surface area contributed by atoms with Crippen LogP contribution in [0.5, 0.6) is 0 Å². The Labute approximate surface area is 166 Å². The smallest absolute Gasteiger partial charge is 0.264 e. The molecule has 27 heavy (non-hydrogen) atoms. The molecule has 0 radical (unpaired) electrons. The van der Waals surface area contributed by atoms with Gasteiger partial charge in [0.05, 0.1) is 10.6 Å². The zero-order valence-electron chi connectivity index (χ0n) is 16.0. The fraction of sp³-hybridized carbons (Fsp3) is 0.350.